The Kier molecular flexibility index (Phi) is 6.36. The minimum atomic E-state index is -0.416. The molecule has 0 unspecified atom stereocenters. The Labute approximate surface area is 169 Å². The zero-order chi connectivity index (χ0) is 21.0. The summed E-state index contributed by atoms with van der Waals surface area (Å²) in [4.78, 5) is 36.0. The van der Waals surface area contributed by atoms with Crippen molar-refractivity contribution in [2.24, 2.45) is 0 Å². The highest BCUT2D eigenvalue weighted by Gasteiger charge is 2.28. The molecular formula is C22H26N2O5. The molecule has 7 nitrogen and oxygen atoms in total. The lowest BCUT2D eigenvalue weighted by Gasteiger charge is -2.15. The average molecular weight is 398 g/mol. The fraction of sp³-hybridized carbons (Fsp3) is 0.409. The molecule has 3 rings (SSSR count). The van der Waals surface area contributed by atoms with Crippen LogP contribution in [0.3, 0.4) is 0 Å². The Bertz CT molecular complexity index is 966. The van der Waals surface area contributed by atoms with Crippen molar-refractivity contribution in [1.29, 1.82) is 0 Å². The first-order chi connectivity index (χ1) is 13.8. The first-order valence-corrected chi connectivity index (χ1v) is 9.72. The molecule has 154 valence electrons. The summed E-state index contributed by atoms with van der Waals surface area (Å²) in [6.45, 7) is 5.59. The summed E-state index contributed by atoms with van der Waals surface area (Å²) >= 11 is 0. The monoisotopic (exact) mass is 398 g/mol. The van der Waals surface area contributed by atoms with Crippen molar-refractivity contribution in [1.82, 2.24) is 10.6 Å². The van der Waals surface area contributed by atoms with E-state index >= 15 is 0 Å². The van der Waals surface area contributed by atoms with Crippen LogP contribution >= 0.6 is 0 Å². The van der Waals surface area contributed by atoms with Gasteiger partial charge in [0.2, 0.25) is 0 Å². The second-order valence-electron chi connectivity index (χ2n) is 7.55. The van der Waals surface area contributed by atoms with Crippen LogP contribution in [-0.4, -0.2) is 30.5 Å². The third-order valence-electron chi connectivity index (χ3n) is 5.09. The molecule has 1 heterocycles. The van der Waals surface area contributed by atoms with Crippen LogP contribution in [0.1, 0.15) is 46.7 Å². The van der Waals surface area contributed by atoms with Gasteiger partial charge in [-0.05, 0) is 63.3 Å². The van der Waals surface area contributed by atoms with Gasteiger partial charge in [-0.1, -0.05) is 6.07 Å². The van der Waals surface area contributed by atoms with Crippen LogP contribution in [0.4, 0.5) is 0 Å². The number of nitrogens with one attached hydrogen (secondary N) is 2. The van der Waals surface area contributed by atoms with E-state index in [9.17, 15) is 14.4 Å². The van der Waals surface area contributed by atoms with Gasteiger partial charge in [-0.2, -0.15) is 0 Å². The van der Waals surface area contributed by atoms with E-state index in [1.807, 2.05) is 32.0 Å². The zero-order valence-electron chi connectivity index (χ0n) is 16.9. The Morgan fingerprint density at radius 3 is 2.45 bits per heavy atom. The molecule has 2 N–H and O–H groups in total. The molecule has 1 fully saturated rings. The number of ether oxygens (including phenoxy) is 1. The lowest BCUT2D eigenvalue weighted by molar-refractivity contribution is -0.123. The molecule has 0 spiro atoms. The Morgan fingerprint density at radius 2 is 1.76 bits per heavy atom. The first-order valence-electron chi connectivity index (χ1n) is 9.72. The normalized spacial score (nSPS) is 18.3. The number of benzene rings is 1. The van der Waals surface area contributed by atoms with Crippen molar-refractivity contribution in [3.8, 4) is 5.75 Å². The topological polar surface area (TPSA) is 97.6 Å². The SMILES string of the molecule is Cc1cc(=O)cc(C(=O)N[C@H]2CC[C@@H](NC(=O)COc3ccc(C)c(C)c3)C2)o1. The smallest absolute Gasteiger partial charge is 0.287 e. The van der Waals surface area contributed by atoms with Gasteiger partial charge in [0.05, 0.1) is 0 Å². The molecule has 2 aromatic rings. The summed E-state index contributed by atoms with van der Waals surface area (Å²) in [5.41, 5.74) is 2.02. The summed E-state index contributed by atoms with van der Waals surface area (Å²) in [5.74, 6) is 0.456. The molecule has 29 heavy (non-hydrogen) atoms. The van der Waals surface area contributed by atoms with E-state index in [1.165, 1.54) is 17.7 Å². The minimum absolute atomic E-state index is 0.00396. The summed E-state index contributed by atoms with van der Waals surface area (Å²) < 4.78 is 10.9. The van der Waals surface area contributed by atoms with Gasteiger partial charge in [-0.25, -0.2) is 0 Å². The standard InChI is InChI=1S/C22H26N2O5/c1-13-4-7-19(8-14(13)2)28-12-21(26)23-16-5-6-17(10-16)24-22(27)20-11-18(25)9-15(3)29-20/h4,7-9,11,16-17H,5-6,10,12H2,1-3H3,(H,23,26)(H,24,27)/t16-,17+/m1/s1. The largest absolute Gasteiger partial charge is 0.484 e. The molecule has 1 aromatic heterocycles. The molecule has 1 aliphatic rings. The van der Waals surface area contributed by atoms with Gasteiger partial charge in [-0.15, -0.1) is 0 Å². The van der Waals surface area contributed by atoms with Crippen LogP contribution in [0.5, 0.6) is 5.75 Å². The van der Waals surface area contributed by atoms with Gasteiger partial charge in [0.25, 0.3) is 11.8 Å². The summed E-state index contributed by atoms with van der Waals surface area (Å²) in [6.07, 6.45) is 2.13. The van der Waals surface area contributed by atoms with E-state index < -0.39 is 5.91 Å². The highest BCUT2D eigenvalue weighted by atomic mass is 16.5. The highest BCUT2D eigenvalue weighted by Crippen LogP contribution is 2.20. The van der Waals surface area contributed by atoms with Crippen molar-refractivity contribution < 1.29 is 18.7 Å². The lowest BCUT2D eigenvalue weighted by Crippen LogP contribution is -2.39. The first kappa shape index (κ1) is 20.6. The fourth-order valence-corrected chi connectivity index (χ4v) is 3.44. The second-order valence-corrected chi connectivity index (χ2v) is 7.55. The molecule has 0 saturated heterocycles. The lowest BCUT2D eigenvalue weighted by atomic mass is 10.1. The van der Waals surface area contributed by atoms with E-state index in [2.05, 4.69) is 10.6 Å². The molecule has 2 atom stereocenters. The molecule has 0 bridgehead atoms. The van der Waals surface area contributed by atoms with Crippen LogP contribution in [0.15, 0.2) is 39.5 Å². The molecule has 1 aromatic carbocycles. The van der Waals surface area contributed by atoms with Gasteiger partial charge >= 0.3 is 0 Å². The van der Waals surface area contributed by atoms with Crippen molar-refractivity contribution in [2.75, 3.05) is 6.61 Å². The van der Waals surface area contributed by atoms with E-state index in [0.717, 1.165) is 18.4 Å². The molecule has 1 aliphatic carbocycles. The van der Waals surface area contributed by atoms with E-state index in [1.54, 1.807) is 6.92 Å². The van der Waals surface area contributed by atoms with Crippen LogP contribution in [0.25, 0.3) is 0 Å². The van der Waals surface area contributed by atoms with Crippen LogP contribution in [0.2, 0.25) is 0 Å². The maximum Gasteiger partial charge on any atom is 0.287 e. The van der Waals surface area contributed by atoms with Gasteiger partial charge in [0.1, 0.15) is 11.5 Å². The molecular weight excluding hydrogens is 372 g/mol. The van der Waals surface area contributed by atoms with Crippen molar-refractivity contribution in [3.63, 3.8) is 0 Å². The Hall–Kier alpha value is -3.09. The minimum Gasteiger partial charge on any atom is -0.484 e. The quantitative estimate of drug-likeness (QED) is 0.779. The zero-order valence-corrected chi connectivity index (χ0v) is 16.9. The van der Waals surface area contributed by atoms with Gasteiger partial charge in [0, 0.05) is 24.2 Å². The predicted molar refractivity (Wildman–Crippen MR) is 108 cm³/mol. The number of aryl methyl sites for hydroxylation is 3. The molecule has 7 heteroatoms. The van der Waals surface area contributed by atoms with Crippen molar-refractivity contribution >= 4 is 11.8 Å². The second kappa shape index (κ2) is 8.94. The van der Waals surface area contributed by atoms with Crippen LogP contribution < -0.4 is 20.8 Å². The highest BCUT2D eigenvalue weighted by molar-refractivity contribution is 5.91. The van der Waals surface area contributed by atoms with E-state index in [-0.39, 0.29) is 35.8 Å². The summed E-state index contributed by atoms with van der Waals surface area (Å²) in [7, 11) is 0. The summed E-state index contributed by atoms with van der Waals surface area (Å²) in [6, 6.07) is 8.12. The Balaban J connectivity index is 1.45. The fourth-order valence-electron chi connectivity index (χ4n) is 3.44. The van der Waals surface area contributed by atoms with Gasteiger partial charge < -0.3 is 19.8 Å². The van der Waals surface area contributed by atoms with Crippen molar-refractivity contribution in [2.45, 2.75) is 52.1 Å². The van der Waals surface area contributed by atoms with Gasteiger partial charge in [-0.3, -0.25) is 14.4 Å². The third kappa shape index (κ3) is 5.70. The van der Waals surface area contributed by atoms with E-state index in [4.69, 9.17) is 9.15 Å². The number of carbonyl (C=O) groups is 2. The average Bonchev–Trinajstić information content (AvgIpc) is 3.08. The summed E-state index contributed by atoms with van der Waals surface area (Å²) in [5, 5.41) is 5.82. The maximum absolute atomic E-state index is 12.3. The Morgan fingerprint density at radius 1 is 1.03 bits per heavy atom. The number of hydrogen-bond acceptors (Lipinski definition) is 5. The number of carbonyl (C=O) groups excluding carboxylic acids is 2. The number of rotatable bonds is 6. The van der Waals surface area contributed by atoms with Crippen molar-refractivity contribution in [3.05, 3.63) is 63.2 Å². The predicted octanol–water partition coefficient (Wildman–Crippen LogP) is 2.41. The third-order valence-corrected chi connectivity index (χ3v) is 5.09. The molecule has 2 amide bonds. The number of amides is 2. The maximum atomic E-state index is 12.3. The number of hydrogen-bond donors (Lipinski definition) is 2. The van der Waals surface area contributed by atoms with Gasteiger partial charge in [0.15, 0.2) is 17.8 Å². The van der Waals surface area contributed by atoms with Crippen LogP contribution in [-0.2, 0) is 4.79 Å². The molecule has 1 saturated carbocycles. The van der Waals surface area contributed by atoms with E-state index in [0.29, 0.717) is 17.9 Å². The molecule has 0 radical (unpaired) electrons. The van der Waals surface area contributed by atoms with Crippen LogP contribution in [0, 0.1) is 20.8 Å². The molecule has 0 aliphatic heterocycles.